The standard InChI is InChI=1S/C22H24N2O4S/c1-15-9-11-17(12-10-15)29(27,28)24-20(13-14-21(24)25)22(26)23-19-8-4-6-16-5-2-3-7-18(16)19/h4,6,8-12,20H,2-3,5,7,13-14H2,1H3,(H,23,26). The second-order valence-electron chi connectivity index (χ2n) is 7.70. The molecule has 1 fully saturated rings. The summed E-state index contributed by atoms with van der Waals surface area (Å²) < 4.78 is 26.9. The van der Waals surface area contributed by atoms with Gasteiger partial charge in [-0.15, -0.1) is 0 Å². The first-order chi connectivity index (χ1) is 13.9. The fourth-order valence-corrected chi connectivity index (χ4v) is 5.74. The first kappa shape index (κ1) is 19.6. The molecule has 1 atom stereocenters. The van der Waals surface area contributed by atoms with Gasteiger partial charge in [0.25, 0.3) is 10.0 Å². The number of carbonyl (C=O) groups is 2. The number of carbonyl (C=O) groups excluding carboxylic acids is 2. The van der Waals surface area contributed by atoms with Crippen molar-refractivity contribution >= 4 is 27.5 Å². The number of nitrogens with one attached hydrogen (secondary N) is 1. The molecule has 2 aromatic carbocycles. The van der Waals surface area contributed by atoms with E-state index < -0.39 is 27.9 Å². The van der Waals surface area contributed by atoms with Crippen LogP contribution in [0, 0.1) is 6.92 Å². The molecule has 1 saturated heterocycles. The van der Waals surface area contributed by atoms with Crippen molar-refractivity contribution in [2.24, 2.45) is 0 Å². The monoisotopic (exact) mass is 412 g/mol. The van der Waals surface area contributed by atoms with Crippen molar-refractivity contribution in [3.05, 3.63) is 59.2 Å². The predicted molar refractivity (Wildman–Crippen MR) is 110 cm³/mol. The number of hydrogen-bond acceptors (Lipinski definition) is 4. The Morgan fingerprint density at radius 2 is 1.76 bits per heavy atom. The van der Waals surface area contributed by atoms with E-state index >= 15 is 0 Å². The molecule has 6 nitrogen and oxygen atoms in total. The van der Waals surface area contributed by atoms with Gasteiger partial charge in [-0.05, 0) is 68.4 Å². The molecule has 2 amide bonds. The second-order valence-corrected chi connectivity index (χ2v) is 9.52. The van der Waals surface area contributed by atoms with Crippen LogP contribution in [0.4, 0.5) is 5.69 Å². The summed E-state index contributed by atoms with van der Waals surface area (Å²) in [6.45, 7) is 1.86. The van der Waals surface area contributed by atoms with E-state index in [2.05, 4.69) is 11.4 Å². The molecule has 4 rings (SSSR count). The van der Waals surface area contributed by atoms with Crippen molar-refractivity contribution in [3.63, 3.8) is 0 Å². The van der Waals surface area contributed by atoms with E-state index in [1.807, 2.05) is 19.1 Å². The van der Waals surface area contributed by atoms with Gasteiger partial charge in [-0.2, -0.15) is 0 Å². The van der Waals surface area contributed by atoms with E-state index in [0.29, 0.717) is 0 Å². The topological polar surface area (TPSA) is 83.6 Å². The van der Waals surface area contributed by atoms with Gasteiger partial charge in [0.05, 0.1) is 4.90 Å². The summed E-state index contributed by atoms with van der Waals surface area (Å²) in [7, 11) is -4.09. The highest BCUT2D eigenvalue weighted by Gasteiger charge is 2.44. The molecular weight excluding hydrogens is 388 g/mol. The van der Waals surface area contributed by atoms with Gasteiger partial charge in [0.15, 0.2) is 0 Å². The molecule has 0 bridgehead atoms. The van der Waals surface area contributed by atoms with Crippen LogP contribution in [0.25, 0.3) is 0 Å². The summed E-state index contributed by atoms with van der Waals surface area (Å²) in [4.78, 5) is 25.5. The van der Waals surface area contributed by atoms with Crippen LogP contribution in [0.5, 0.6) is 0 Å². The summed E-state index contributed by atoms with van der Waals surface area (Å²) in [6, 6.07) is 11.1. The molecular formula is C22H24N2O4S. The van der Waals surface area contributed by atoms with E-state index in [9.17, 15) is 18.0 Å². The third kappa shape index (κ3) is 3.67. The highest BCUT2D eigenvalue weighted by Crippen LogP contribution is 2.31. The number of nitrogens with zero attached hydrogens (tertiary/aromatic N) is 1. The van der Waals surface area contributed by atoms with Crippen LogP contribution >= 0.6 is 0 Å². The third-order valence-corrected chi connectivity index (χ3v) is 7.54. The minimum absolute atomic E-state index is 0.0215. The van der Waals surface area contributed by atoms with Crippen LogP contribution in [0.2, 0.25) is 0 Å². The molecule has 1 aliphatic carbocycles. The van der Waals surface area contributed by atoms with Crippen molar-refractivity contribution in [1.82, 2.24) is 4.31 Å². The Morgan fingerprint density at radius 1 is 1.03 bits per heavy atom. The summed E-state index contributed by atoms with van der Waals surface area (Å²) >= 11 is 0. The predicted octanol–water partition coefficient (Wildman–Crippen LogP) is 3.19. The van der Waals surface area contributed by atoms with Gasteiger partial charge in [-0.25, -0.2) is 12.7 Å². The Morgan fingerprint density at radius 3 is 2.52 bits per heavy atom. The SMILES string of the molecule is Cc1ccc(S(=O)(=O)N2C(=O)CCC2C(=O)Nc2cccc3c2CCCC3)cc1. The number of amides is 2. The summed E-state index contributed by atoms with van der Waals surface area (Å²) in [5.74, 6) is -0.994. The van der Waals surface area contributed by atoms with Crippen LogP contribution in [0.1, 0.15) is 42.4 Å². The number of sulfonamides is 1. The fraction of sp³-hybridized carbons (Fsp3) is 0.364. The van der Waals surface area contributed by atoms with E-state index in [4.69, 9.17) is 0 Å². The zero-order valence-corrected chi connectivity index (χ0v) is 17.2. The van der Waals surface area contributed by atoms with Gasteiger partial charge in [-0.3, -0.25) is 9.59 Å². The molecule has 2 aromatic rings. The van der Waals surface area contributed by atoms with Gasteiger partial charge in [0, 0.05) is 12.1 Å². The van der Waals surface area contributed by atoms with Crippen molar-refractivity contribution in [2.45, 2.75) is 56.4 Å². The zero-order chi connectivity index (χ0) is 20.6. The number of fused-ring (bicyclic) bond motifs is 1. The van der Waals surface area contributed by atoms with Crippen LogP contribution in [0.15, 0.2) is 47.4 Å². The lowest BCUT2D eigenvalue weighted by Gasteiger charge is -2.25. The molecule has 0 aromatic heterocycles. The maximum Gasteiger partial charge on any atom is 0.267 e. The largest absolute Gasteiger partial charge is 0.324 e. The molecule has 29 heavy (non-hydrogen) atoms. The van der Waals surface area contributed by atoms with Crippen molar-refractivity contribution in [2.75, 3.05) is 5.32 Å². The van der Waals surface area contributed by atoms with Gasteiger partial charge < -0.3 is 5.32 Å². The van der Waals surface area contributed by atoms with Gasteiger partial charge in [0.1, 0.15) is 6.04 Å². The zero-order valence-electron chi connectivity index (χ0n) is 16.3. The van der Waals surface area contributed by atoms with Gasteiger partial charge in [-0.1, -0.05) is 29.8 Å². The third-order valence-electron chi connectivity index (χ3n) is 5.69. The Kier molecular flexibility index (Phi) is 5.17. The van der Waals surface area contributed by atoms with E-state index in [1.165, 1.54) is 17.7 Å². The lowest BCUT2D eigenvalue weighted by molar-refractivity contribution is -0.128. The smallest absolute Gasteiger partial charge is 0.267 e. The van der Waals surface area contributed by atoms with Crippen LogP contribution in [0.3, 0.4) is 0 Å². The van der Waals surface area contributed by atoms with E-state index in [-0.39, 0.29) is 17.7 Å². The van der Waals surface area contributed by atoms with Crippen molar-refractivity contribution in [1.29, 1.82) is 0 Å². The maximum atomic E-state index is 13.1. The minimum atomic E-state index is -4.09. The number of benzene rings is 2. The second kappa shape index (κ2) is 7.63. The quantitative estimate of drug-likeness (QED) is 0.836. The summed E-state index contributed by atoms with van der Waals surface area (Å²) in [5.41, 5.74) is 3.98. The van der Waals surface area contributed by atoms with Crippen LogP contribution < -0.4 is 5.32 Å². The molecule has 1 heterocycles. The Balaban J connectivity index is 1.61. The fourth-order valence-electron chi connectivity index (χ4n) is 4.14. The van der Waals surface area contributed by atoms with Crippen molar-refractivity contribution in [3.8, 4) is 0 Å². The maximum absolute atomic E-state index is 13.1. The van der Waals surface area contributed by atoms with Gasteiger partial charge >= 0.3 is 0 Å². The molecule has 1 unspecified atom stereocenters. The lowest BCUT2D eigenvalue weighted by atomic mass is 9.90. The first-order valence-electron chi connectivity index (χ1n) is 9.93. The van der Waals surface area contributed by atoms with E-state index in [1.54, 1.807) is 12.1 Å². The normalized spacial score (nSPS) is 19.1. The molecule has 0 radical (unpaired) electrons. The molecule has 152 valence electrons. The van der Waals surface area contributed by atoms with Crippen LogP contribution in [-0.4, -0.2) is 30.6 Å². The number of aryl methyl sites for hydroxylation is 2. The Bertz CT molecular complexity index is 1060. The van der Waals surface area contributed by atoms with Crippen LogP contribution in [-0.2, 0) is 32.5 Å². The number of hydrogen-bond donors (Lipinski definition) is 1. The Hall–Kier alpha value is -2.67. The number of rotatable bonds is 4. The summed E-state index contributed by atoms with van der Waals surface area (Å²) in [5, 5.41) is 2.90. The van der Waals surface area contributed by atoms with Crippen molar-refractivity contribution < 1.29 is 18.0 Å². The number of anilines is 1. The average molecular weight is 413 g/mol. The molecule has 0 spiro atoms. The highest BCUT2D eigenvalue weighted by molar-refractivity contribution is 7.89. The summed E-state index contributed by atoms with van der Waals surface area (Å²) in [6.07, 6.45) is 4.29. The van der Waals surface area contributed by atoms with Gasteiger partial charge in [0.2, 0.25) is 11.8 Å². The Labute approximate surface area is 171 Å². The molecule has 2 aliphatic rings. The average Bonchev–Trinajstić information content (AvgIpc) is 3.11. The molecule has 1 aliphatic heterocycles. The van der Waals surface area contributed by atoms with E-state index in [0.717, 1.165) is 46.8 Å². The molecule has 7 heteroatoms. The first-order valence-corrected chi connectivity index (χ1v) is 11.4. The molecule has 0 saturated carbocycles. The lowest BCUT2D eigenvalue weighted by Crippen LogP contribution is -2.45. The minimum Gasteiger partial charge on any atom is -0.324 e. The highest BCUT2D eigenvalue weighted by atomic mass is 32.2. The molecule has 1 N–H and O–H groups in total.